The Morgan fingerprint density at radius 1 is 1.35 bits per heavy atom. The summed E-state index contributed by atoms with van der Waals surface area (Å²) in [5.74, 6) is -1.75. The first-order valence-corrected chi connectivity index (χ1v) is 5.10. The third kappa shape index (κ3) is 3.34. The molecule has 0 radical (unpaired) electrons. The number of hydrogen-bond acceptors (Lipinski definition) is 3. The van der Waals surface area contributed by atoms with E-state index in [4.69, 9.17) is 33.6 Å². The molecule has 1 aromatic rings. The normalized spacial score (nSPS) is 9.47. The Balaban J connectivity index is 3.07. The molecule has 0 bridgehead atoms. The third-order valence-corrected chi connectivity index (χ3v) is 2.39. The third-order valence-electron chi connectivity index (χ3n) is 1.79. The molecule has 88 valence electrons. The average Bonchev–Trinajstić information content (AvgIpc) is 2.23. The molecular weight excluding hydrogens is 267 g/mol. The van der Waals surface area contributed by atoms with Crippen molar-refractivity contribution in [3.8, 4) is 6.07 Å². The van der Waals surface area contributed by atoms with Crippen molar-refractivity contribution in [1.82, 2.24) is 0 Å². The molecule has 1 rings (SSSR count). The summed E-state index contributed by atoms with van der Waals surface area (Å²) in [5.41, 5.74) is 0.0110. The van der Waals surface area contributed by atoms with Crippen molar-refractivity contribution in [2.45, 2.75) is 6.42 Å². The van der Waals surface area contributed by atoms with Crippen molar-refractivity contribution in [3.05, 3.63) is 27.7 Å². The molecule has 0 heterocycles. The maximum Gasteiger partial charge on any atom is 0.335 e. The number of aromatic carboxylic acids is 1. The van der Waals surface area contributed by atoms with Crippen molar-refractivity contribution in [3.63, 3.8) is 0 Å². The molecule has 0 atom stereocenters. The fraction of sp³-hybridized carbons (Fsp3) is 0.100. The topological polar surface area (TPSA) is 90.2 Å². The number of benzene rings is 1. The molecule has 0 saturated heterocycles. The minimum absolute atomic E-state index is 0.00110. The maximum absolute atomic E-state index is 11.2. The summed E-state index contributed by atoms with van der Waals surface area (Å²) in [5, 5.41) is 19.4. The van der Waals surface area contributed by atoms with Crippen molar-refractivity contribution >= 4 is 40.8 Å². The molecule has 7 heteroatoms. The van der Waals surface area contributed by atoms with E-state index in [0.29, 0.717) is 0 Å². The second-order valence-corrected chi connectivity index (χ2v) is 3.82. The highest BCUT2D eigenvalue weighted by atomic mass is 35.5. The number of amides is 1. The van der Waals surface area contributed by atoms with Crippen LogP contribution in [0.5, 0.6) is 0 Å². The molecule has 0 fully saturated rings. The van der Waals surface area contributed by atoms with Gasteiger partial charge in [0.15, 0.2) is 0 Å². The van der Waals surface area contributed by atoms with Gasteiger partial charge < -0.3 is 10.4 Å². The monoisotopic (exact) mass is 272 g/mol. The van der Waals surface area contributed by atoms with Gasteiger partial charge >= 0.3 is 5.97 Å². The molecule has 5 nitrogen and oxygen atoms in total. The lowest BCUT2D eigenvalue weighted by molar-refractivity contribution is -0.115. The molecular formula is C10H6Cl2N2O3. The van der Waals surface area contributed by atoms with E-state index in [1.165, 1.54) is 0 Å². The zero-order valence-corrected chi connectivity index (χ0v) is 9.84. The quantitative estimate of drug-likeness (QED) is 0.885. The largest absolute Gasteiger partial charge is 0.478 e. The van der Waals surface area contributed by atoms with Crippen molar-refractivity contribution in [1.29, 1.82) is 5.26 Å². The highest BCUT2D eigenvalue weighted by Crippen LogP contribution is 2.31. The van der Waals surface area contributed by atoms with Crippen molar-refractivity contribution in [2.24, 2.45) is 0 Å². The van der Waals surface area contributed by atoms with Crippen LogP contribution in [0, 0.1) is 11.3 Å². The summed E-state index contributed by atoms with van der Waals surface area (Å²) in [6.07, 6.45) is -0.340. The lowest BCUT2D eigenvalue weighted by Gasteiger charge is -2.08. The summed E-state index contributed by atoms with van der Waals surface area (Å²) in [4.78, 5) is 21.9. The number of nitriles is 1. The first kappa shape index (κ1) is 13.3. The van der Waals surface area contributed by atoms with Crippen LogP contribution < -0.4 is 5.32 Å². The number of carboxylic acid groups (broad SMARTS) is 1. The Morgan fingerprint density at radius 2 is 1.88 bits per heavy atom. The fourth-order valence-electron chi connectivity index (χ4n) is 1.07. The molecule has 1 amide bonds. The van der Waals surface area contributed by atoms with Crippen LogP contribution in [0.3, 0.4) is 0 Å². The average molecular weight is 273 g/mol. The van der Waals surface area contributed by atoms with E-state index in [0.717, 1.165) is 12.1 Å². The molecule has 0 unspecified atom stereocenters. The number of anilines is 1. The lowest BCUT2D eigenvalue weighted by Crippen LogP contribution is -2.11. The molecule has 0 aliphatic carbocycles. The highest BCUT2D eigenvalue weighted by Gasteiger charge is 2.14. The highest BCUT2D eigenvalue weighted by molar-refractivity contribution is 6.40. The molecule has 0 aromatic heterocycles. The Labute approximate surface area is 107 Å². The number of carbonyl (C=O) groups is 2. The maximum atomic E-state index is 11.2. The van der Waals surface area contributed by atoms with Gasteiger partial charge in [0.25, 0.3) is 0 Å². The standard InChI is InChI=1S/C10H6Cl2N2O3/c11-6-3-5(10(16)17)4-7(12)9(6)14-8(15)1-2-13/h3-4H,1H2,(H,14,15)(H,16,17). The smallest absolute Gasteiger partial charge is 0.335 e. The molecule has 0 spiro atoms. The second kappa shape index (κ2) is 5.53. The first-order valence-electron chi connectivity index (χ1n) is 4.35. The van der Waals surface area contributed by atoms with Gasteiger partial charge in [-0.25, -0.2) is 4.79 Å². The Morgan fingerprint density at radius 3 is 2.29 bits per heavy atom. The predicted octanol–water partition coefficient (Wildman–Crippen LogP) is 2.54. The molecule has 0 saturated carbocycles. The zero-order chi connectivity index (χ0) is 13.0. The van der Waals surface area contributed by atoms with Gasteiger partial charge in [0.2, 0.25) is 5.91 Å². The number of carbonyl (C=O) groups excluding carboxylic acids is 1. The number of nitrogens with one attached hydrogen (secondary N) is 1. The van der Waals surface area contributed by atoms with Crippen LogP contribution in [-0.2, 0) is 4.79 Å². The minimum atomic E-state index is -1.18. The number of carboxylic acids is 1. The van der Waals surface area contributed by atoms with E-state index < -0.39 is 11.9 Å². The van der Waals surface area contributed by atoms with Crippen LogP contribution in [0.4, 0.5) is 5.69 Å². The van der Waals surface area contributed by atoms with Gasteiger partial charge in [-0.2, -0.15) is 5.26 Å². The summed E-state index contributed by atoms with van der Waals surface area (Å²) >= 11 is 11.6. The van der Waals surface area contributed by atoms with E-state index in [1.807, 2.05) is 0 Å². The van der Waals surface area contributed by atoms with Crippen LogP contribution in [0.25, 0.3) is 0 Å². The van der Waals surface area contributed by atoms with E-state index >= 15 is 0 Å². The Bertz CT molecular complexity index is 500. The predicted molar refractivity (Wildman–Crippen MR) is 62.3 cm³/mol. The summed E-state index contributed by atoms with van der Waals surface area (Å²) < 4.78 is 0. The fourth-order valence-corrected chi connectivity index (χ4v) is 1.65. The first-order chi connectivity index (χ1) is 7.95. The van der Waals surface area contributed by atoms with Gasteiger partial charge in [-0.3, -0.25) is 4.79 Å². The SMILES string of the molecule is N#CCC(=O)Nc1c(Cl)cc(C(=O)O)cc1Cl. The van der Waals surface area contributed by atoms with Crippen LogP contribution in [0.2, 0.25) is 10.0 Å². The van der Waals surface area contributed by atoms with Crippen molar-refractivity contribution in [2.75, 3.05) is 5.32 Å². The van der Waals surface area contributed by atoms with Gasteiger partial charge in [-0.1, -0.05) is 23.2 Å². The summed E-state index contributed by atoms with van der Waals surface area (Å²) in [6, 6.07) is 3.99. The lowest BCUT2D eigenvalue weighted by atomic mass is 10.2. The van der Waals surface area contributed by atoms with E-state index in [-0.39, 0.29) is 27.7 Å². The number of halogens is 2. The Hall–Kier alpha value is -1.77. The summed E-state index contributed by atoms with van der Waals surface area (Å²) in [7, 11) is 0. The summed E-state index contributed by atoms with van der Waals surface area (Å²) in [6.45, 7) is 0. The molecule has 0 aliphatic heterocycles. The Kier molecular flexibility index (Phi) is 4.32. The van der Waals surface area contributed by atoms with Gasteiger partial charge in [0, 0.05) is 0 Å². The minimum Gasteiger partial charge on any atom is -0.478 e. The number of nitrogens with zero attached hydrogens (tertiary/aromatic N) is 1. The van der Waals surface area contributed by atoms with Gasteiger partial charge in [-0.15, -0.1) is 0 Å². The van der Waals surface area contributed by atoms with Crippen LogP contribution in [0.15, 0.2) is 12.1 Å². The van der Waals surface area contributed by atoms with Gasteiger partial charge in [0.1, 0.15) is 6.42 Å². The van der Waals surface area contributed by atoms with E-state index in [1.54, 1.807) is 6.07 Å². The van der Waals surface area contributed by atoms with E-state index in [9.17, 15) is 9.59 Å². The molecule has 2 N–H and O–H groups in total. The number of rotatable bonds is 3. The van der Waals surface area contributed by atoms with Gasteiger partial charge in [0.05, 0.1) is 27.4 Å². The number of hydrogen-bond donors (Lipinski definition) is 2. The van der Waals surface area contributed by atoms with Crippen LogP contribution >= 0.6 is 23.2 Å². The van der Waals surface area contributed by atoms with Gasteiger partial charge in [-0.05, 0) is 12.1 Å². The molecule has 1 aromatic carbocycles. The second-order valence-electron chi connectivity index (χ2n) is 3.00. The zero-order valence-electron chi connectivity index (χ0n) is 8.33. The molecule has 17 heavy (non-hydrogen) atoms. The molecule has 0 aliphatic rings. The van der Waals surface area contributed by atoms with Crippen molar-refractivity contribution < 1.29 is 14.7 Å². The van der Waals surface area contributed by atoms with Crippen LogP contribution in [-0.4, -0.2) is 17.0 Å². The van der Waals surface area contributed by atoms with Crippen LogP contribution in [0.1, 0.15) is 16.8 Å². The van der Waals surface area contributed by atoms with E-state index in [2.05, 4.69) is 5.32 Å².